The minimum Gasteiger partial charge on any atom is -1.00 e. The maximum atomic E-state index is 4.02. The molecule has 2 aromatic rings. The molecule has 0 atom stereocenters. The topological polar surface area (TPSA) is 16.8 Å². The first kappa shape index (κ1) is 20.1. The molecule has 2 rings (SSSR count). The zero-order valence-electron chi connectivity index (χ0n) is 10.0. The van der Waals surface area contributed by atoms with E-state index in [4.69, 9.17) is 0 Å². The van der Waals surface area contributed by atoms with Crippen molar-refractivity contribution in [1.82, 2.24) is 4.98 Å². The molecule has 19 heavy (non-hydrogen) atoms. The summed E-state index contributed by atoms with van der Waals surface area (Å²) in [6.07, 6.45) is 10.4. The van der Waals surface area contributed by atoms with Crippen LogP contribution in [0.5, 0.6) is 0 Å². The molecule has 0 spiro atoms. The van der Waals surface area contributed by atoms with Crippen LogP contribution in [0.3, 0.4) is 0 Å². The zero-order chi connectivity index (χ0) is 11.2. The summed E-state index contributed by atoms with van der Waals surface area (Å²) in [6, 6.07) is 8.38. The Morgan fingerprint density at radius 3 is 2.00 bits per heavy atom. The fourth-order valence-corrected chi connectivity index (χ4v) is 1.68. The van der Waals surface area contributed by atoms with E-state index in [0.29, 0.717) is 0 Å². The van der Waals surface area contributed by atoms with Crippen LogP contribution in [0.25, 0.3) is 11.1 Å². The zero-order valence-corrected chi connectivity index (χ0v) is 11.6. The van der Waals surface area contributed by atoms with Crippen molar-refractivity contribution in [1.29, 1.82) is 0 Å². The van der Waals surface area contributed by atoms with Gasteiger partial charge in [0.25, 0.3) is 0 Å². The largest absolute Gasteiger partial charge is 1.00 e. The number of unbranched alkanes of at least 4 members (excludes halogenated alkanes) is 1. The summed E-state index contributed by atoms with van der Waals surface area (Å²) in [5.41, 5.74) is 2.47. The third kappa shape index (κ3) is 5.97. The Hall–Kier alpha value is -1.22. The number of nitrogens with zero attached hydrogens (tertiary/aromatic N) is 2. The molecule has 3 heteroatoms. The van der Waals surface area contributed by atoms with E-state index in [1.165, 1.54) is 24.0 Å². The van der Waals surface area contributed by atoms with Gasteiger partial charge >= 0.3 is 0 Å². The summed E-state index contributed by atoms with van der Waals surface area (Å²) in [4.78, 5) is 4.02. The number of hydrogen-bond donors (Lipinski definition) is 0. The normalized spacial score (nSPS) is 8.68. The van der Waals surface area contributed by atoms with Crippen molar-refractivity contribution in [2.24, 2.45) is 0 Å². The van der Waals surface area contributed by atoms with Crippen molar-refractivity contribution >= 4 is 0 Å². The predicted octanol–water partition coefficient (Wildman–Crippen LogP) is 1.11. The highest BCUT2D eigenvalue weighted by Crippen LogP contribution is 2.15. The third-order valence-corrected chi connectivity index (χ3v) is 2.67. The molecule has 0 aliphatic heterocycles. The Morgan fingerprint density at radius 1 is 0.947 bits per heavy atom. The third-order valence-electron chi connectivity index (χ3n) is 2.67. The van der Waals surface area contributed by atoms with Crippen LogP contribution in [0.1, 0.15) is 34.6 Å². The minimum absolute atomic E-state index is 0. The summed E-state index contributed by atoms with van der Waals surface area (Å²) in [5.74, 6) is 0. The van der Waals surface area contributed by atoms with E-state index in [2.05, 4.69) is 41.0 Å². The molecule has 0 unspecified atom stereocenters. The van der Waals surface area contributed by atoms with Gasteiger partial charge in [0, 0.05) is 30.9 Å². The van der Waals surface area contributed by atoms with Crippen LogP contribution in [-0.4, -0.2) is 4.98 Å². The summed E-state index contributed by atoms with van der Waals surface area (Å²) < 4.78 is 2.23. The Kier molecular flexibility index (Phi) is 11.3. The van der Waals surface area contributed by atoms with E-state index in [1.54, 1.807) is 0 Å². The lowest BCUT2D eigenvalue weighted by atomic mass is 10.1. The molecule has 2 aromatic heterocycles. The minimum atomic E-state index is 0. The molecule has 0 aliphatic rings. The maximum absolute atomic E-state index is 4.02. The summed E-state index contributed by atoms with van der Waals surface area (Å²) >= 11 is 0. The number of aryl methyl sites for hydroxylation is 1. The SMILES string of the molecule is C.C.CCCC[n+]1ccc(-c2ccncc2)cc1.[Br-]. The quantitative estimate of drug-likeness (QED) is 0.770. The molecule has 0 fully saturated rings. The van der Waals surface area contributed by atoms with E-state index in [0.717, 1.165) is 6.54 Å². The van der Waals surface area contributed by atoms with Crippen molar-refractivity contribution in [3.05, 3.63) is 49.1 Å². The smallest absolute Gasteiger partial charge is 0.169 e. The molecular formula is C16H25BrN2. The van der Waals surface area contributed by atoms with Gasteiger partial charge in [-0.1, -0.05) is 28.2 Å². The van der Waals surface area contributed by atoms with Gasteiger partial charge in [0.15, 0.2) is 12.4 Å². The monoisotopic (exact) mass is 324 g/mol. The fraction of sp³-hybridized carbons (Fsp3) is 0.375. The van der Waals surface area contributed by atoms with Gasteiger partial charge in [-0.25, -0.2) is 4.57 Å². The van der Waals surface area contributed by atoms with Gasteiger partial charge in [-0.05, 0) is 23.3 Å². The highest BCUT2D eigenvalue weighted by molar-refractivity contribution is 5.61. The lowest BCUT2D eigenvalue weighted by Crippen LogP contribution is -3.00. The van der Waals surface area contributed by atoms with Crippen molar-refractivity contribution in [2.45, 2.75) is 41.2 Å². The second kappa shape index (κ2) is 10.7. The fourth-order valence-electron chi connectivity index (χ4n) is 1.68. The Balaban J connectivity index is 0. The van der Waals surface area contributed by atoms with Gasteiger partial charge < -0.3 is 17.0 Å². The lowest BCUT2D eigenvalue weighted by Gasteiger charge is -2.00. The highest BCUT2D eigenvalue weighted by atomic mass is 79.9. The van der Waals surface area contributed by atoms with Crippen LogP contribution in [0.2, 0.25) is 0 Å². The van der Waals surface area contributed by atoms with E-state index >= 15 is 0 Å². The number of rotatable bonds is 4. The molecule has 0 aromatic carbocycles. The maximum Gasteiger partial charge on any atom is 0.169 e. The lowest BCUT2D eigenvalue weighted by molar-refractivity contribution is -0.697. The van der Waals surface area contributed by atoms with Crippen LogP contribution >= 0.6 is 0 Å². The number of aromatic nitrogens is 2. The average molecular weight is 325 g/mol. The van der Waals surface area contributed by atoms with Gasteiger partial charge in [-0.3, -0.25) is 4.98 Å². The van der Waals surface area contributed by atoms with Crippen molar-refractivity contribution in [3.63, 3.8) is 0 Å². The molecule has 0 radical (unpaired) electrons. The molecule has 0 amide bonds. The molecule has 0 bridgehead atoms. The van der Waals surface area contributed by atoms with Crippen molar-refractivity contribution in [3.8, 4) is 11.1 Å². The van der Waals surface area contributed by atoms with Gasteiger partial charge in [0.2, 0.25) is 0 Å². The van der Waals surface area contributed by atoms with Gasteiger partial charge in [0.1, 0.15) is 6.54 Å². The standard InChI is InChI=1S/C14H17N2.2CH4.BrH/c1-2-3-10-16-11-6-14(7-12-16)13-4-8-15-9-5-13;;;/h4-9,11-12H,2-3,10H2,1H3;2*1H4;1H/q+1;;;/p-1. The summed E-state index contributed by atoms with van der Waals surface area (Å²) in [7, 11) is 0. The Labute approximate surface area is 128 Å². The first-order chi connectivity index (χ1) is 7.90. The Morgan fingerprint density at radius 2 is 1.47 bits per heavy atom. The first-order valence-electron chi connectivity index (χ1n) is 5.79. The highest BCUT2D eigenvalue weighted by Gasteiger charge is 2.01. The molecular weight excluding hydrogens is 300 g/mol. The Bertz CT molecular complexity index is 426. The van der Waals surface area contributed by atoms with Crippen LogP contribution in [0, 0.1) is 0 Å². The molecule has 106 valence electrons. The van der Waals surface area contributed by atoms with E-state index < -0.39 is 0 Å². The molecule has 0 aliphatic carbocycles. The summed E-state index contributed by atoms with van der Waals surface area (Å²) in [5, 5.41) is 0. The number of pyridine rings is 2. The summed E-state index contributed by atoms with van der Waals surface area (Å²) in [6.45, 7) is 3.32. The van der Waals surface area contributed by atoms with Gasteiger partial charge in [-0.15, -0.1) is 0 Å². The predicted molar refractivity (Wildman–Crippen MR) is 78.2 cm³/mol. The second-order valence-corrected chi connectivity index (χ2v) is 3.91. The van der Waals surface area contributed by atoms with Crippen LogP contribution in [0.4, 0.5) is 0 Å². The second-order valence-electron chi connectivity index (χ2n) is 3.91. The molecule has 0 N–H and O–H groups in total. The van der Waals surface area contributed by atoms with Crippen molar-refractivity contribution in [2.75, 3.05) is 0 Å². The number of hydrogen-bond acceptors (Lipinski definition) is 1. The van der Waals surface area contributed by atoms with Crippen LogP contribution in [-0.2, 0) is 6.54 Å². The molecule has 2 nitrogen and oxygen atoms in total. The molecule has 0 saturated heterocycles. The molecule has 2 heterocycles. The van der Waals surface area contributed by atoms with Crippen LogP contribution in [0.15, 0.2) is 49.1 Å². The van der Waals surface area contributed by atoms with Gasteiger partial charge in [0.05, 0.1) is 0 Å². The number of halogens is 1. The van der Waals surface area contributed by atoms with E-state index in [9.17, 15) is 0 Å². The molecule has 0 saturated carbocycles. The van der Waals surface area contributed by atoms with Crippen molar-refractivity contribution < 1.29 is 21.5 Å². The average Bonchev–Trinajstić information content (AvgIpc) is 2.38. The van der Waals surface area contributed by atoms with E-state index in [-0.39, 0.29) is 31.8 Å². The van der Waals surface area contributed by atoms with E-state index in [1.807, 2.05) is 24.5 Å². The first-order valence-corrected chi connectivity index (χ1v) is 5.79. The van der Waals surface area contributed by atoms with Gasteiger partial charge in [-0.2, -0.15) is 0 Å². The van der Waals surface area contributed by atoms with Crippen LogP contribution < -0.4 is 21.5 Å².